The van der Waals surface area contributed by atoms with Gasteiger partial charge in [0.15, 0.2) is 0 Å². The van der Waals surface area contributed by atoms with Crippen molar-refractivity contribution in [3.05, 3.63) is 148 Å². The molecule has 4 aromatic carbocycles. The number of hydrogen-bond acceptors (Lipinski definition) is 7. The number of benzene rings is 4. The second kappa shape index (κ2) is 20.0. The van der Waals surface area contributed by atoms with Crippen LogP contribution < -0.4 is 26.6 Å². The van der Waals surface area contributed by atoms with Crippen molar-refractivity contribution in [2.24, 2.45) is 0 Å². The summed E-state index contributed by atoms with van der Waals surface area (Å²) >= 11 is 1.34. The summed E-state index contributed by atoms with van der Waals surface area (Å²) in [5.74, 6) is -5.04. The Morgan fingerprint density at radius 1 is 0.607 bits per heavy atom. The number of aliphatic carboxylic acids is 1. The maximum Gasteiger partial charge on any atom is 0.416 e. The quantitative estimate of drug-likeness (QED) is 0.112. The molecule has 2 aliphatic rings. The number of hydrogen-bond donors (Lipinski definition) is 6. The molecule has 3 heterocycles. The zero-order valence-electron chi connectivity index (χ0n) is 32.5. The van der Waals surface area contributed by atoms with E-state index in [4.69, 9.17) is 0 Å². The third-order valence-corrected chi connectivity index (χ3v) is 10.9. The Bertz CT molecular complexity index is 2320. The predicted molar refractivity (Wildman–Crippen MR) is 222 cm³/mol. The first-order chi connectivity index (χ1) is 29.2. The third-order valence-electron chi connectivity index (χ3n) is 10.00. The monoisotopic (exact) mass is 853 g/mol. The summed E-state index contributed by atoms with van der Waals surface area (Å²) in [5.41, 5.74) is 2.56. The van der Waals surface area contributed by atoms with Crippen molar-refractivity contribution in [1.29, 1.82) is 0 Å². The molecule has 5 amide bonds. The molecule has 4 atom stereocenters. The highest BCUT2D eigenvalue weighted by atomic mass is 32.1. The van der Waals surface area contributed by atoms with Gasteiger partial charge in [0.1, 0.15) is 24.2 Å². The number of thiophene rings is 1. The number of carboxylic acid groups (broad SMARTS) is 1. The van der Waals surface area contributed by atoms with E-state index in [0.29, 0.717) is 16.8 Å². The lowest BCUT2D eigenvalue weighted by Crippen LogP contribution is -2.59. The molecular formula is C45H42F3N5O7S. The van der Waals surface area contributed by atoms with Gasteiger partial charge in [0.25, 0.3) is 0 Å². The van der Waals surface area contributed by atoms with Crippen LogP contribution in [0.4, 0.5) is 18.9 Å². The van der Waals surface area contributed by atoms with Crippen LogP contribution in [0.3, 0.4) is 0 Å². The first-order valence-electron chi connectivity index (χ1n) is 19.3. The van der Waals surface area contributed by atoms with Crippen molar-refractivity contribution >= 4 is 52.5 Å². The highest BCUT2D eigenvalue weighted by Crippen LogP contribution is 2.29. The highest BCUT2D eigenvalue weighted by Gasteiger charge is 2.33. The van der Waals surface area contributed by atoms with Crippen molar-refractivity contribution in [2.75, 3.05) is 5.32 Å². The zero-order valence-corrected chi connectivity index (χ0v) is 33.4. The number of amides is 5. The summed E-state index contributed by atoms with van der Waals surface area (Å²) in [7, 11) is 0. The molecule has 0 unspecified atom stereocenters. The number of fused-ring (bicyclic) bond motifs is 18. The van der Waals surface area contributed by atoms with E-state index in [1.54, 1.807) is 41.8 Å². The van der Waals surface area contributed by atoms with Gasteiger partial charge in [-0.1, -0.05) is 84.9 Å². The van der Waals surface area contributed by atoms with Crippen LogP contribution in [0, 0.1) is 0 Å². The van der Waals surface area contributed by atoms with Gasteiger partial charge in [-0.3, -0.25) is 24.0 Å². The molecule has 6 N–H and O–H groups in total. The SMILES string of the molecule is O=C1CCC(=O)N[C@H](Cc2cccs2)C(=O)N[C@@H](Cc2ccc(-c3ccccc3)cc2)C(=O)N[C@H](Cc2ccc(C(F)(F)F)cc2)C(=O)N[C@H](C(=O)O)Cc2ccc(cc2)N1. The zero-order chi connectivity index (χ0) is 43.5. The summed E-state index contributed by atoms with van der Waals surface area (Å²) in [5, 5.41) is 25.2. The molecule has 0 aliphatic carbocycles. The molecule has 5 aromatic rings. The van der Waals surface area contributed by atoms with Gasteiger partial charge in [0, 0.05) is 49.1 Å². The van der Waals surface area contributed by atoms with Crippen LogP contribution in [-0.4, -0.2) is 64.8 Å². The average molecular weight is 854 g/mol. The van der Waals surface area contributed by atoms with Crippen molar-refractivity contribution in [2.45, 2.75) is 68.9 Å². The van der Waals surface area contributed by atoms with Crippen molar-refractivity contribution < 1.29 is 47.0 Å². The maximum atomic E-state index is 14.4. The Morgan fingerprint density at radius 2 is 1.15 bits per heavy atom. The van der Waals surface area contributed by atoms with Crippen molar-refractivity contribution in [3.8, 4) is 11.1 Å². The van der Waals surface area contributed by atoms with Gasteiger partial charge in [0.2, 0.25) is 29.5 Å². The standard InChI is InChI=1S/C45H42F3N5O7S/c46-45(47,48)32-16-10-28(11-17-32)24-36-42(57)53-38(44(59)60)25-29-12-18-33(19-13-29)49-39(54)20-21-40(55)50-37(26-34-7-4-22-61-34)43(58)52-35(41(56)51-36)23-27-8-14-31(15-9-27)30-5-2-1-3-6-30/h1-19,22,35-38H,20-21,23-26H2,(H,49,54)(H,50,55)(H,51,56)(H,52,58)(H,53,57)(H,59,60)/t35-,36+,37+,38-/m0/s1. The first-order valence-corrected chi connectivity index (χ1v) is 20.2. The predicted octanol–water partition coefficient (Wildman–Crippen LogP) is 5.46. The number of nitrogens with one attached hydrogen (secondary N) is 5. The number of carbonyl (C=O) groups excluding carboxylic acids is 5. The first kappa shape index (κ1) is 43.8. The van der Waals surface area contributed by atoms with Crippen LogP contribution >= 0.6 is 11.3 Å². The number of rotatable bonds is 8. The molecule has 2 bridgehead atoms. The van der Waals surface area contributed by atoms with Crippen molar-refractivity contribution in [3.63, 3.8) is 0 Å². The number of anilines is 1. The van der Waals surface area contributed by atoms with E-state index in [0.717, 1.165) is 40.3 Å². The number of halogens is 3. The molecular weight excluding hydrogens is 812 g/mol. The molecule has 0 radical (unpaired) electrons. The van der Waals surface area contributed by atoms with Crippen LogP contribution in [0.1, 0.15) is 40.0 Å². The third kappa shape index (κ3) is 12.6. The molecule has 0 fully saturated rings. The lowest BCUT2D eigenvalue weighted by atomic mass is 9.98. The Kier molecular flexibility index (Phi) is 14.3. The summed E-state index contributed by atoms with van der Waals surface area (Å²) in [6.07, 6.45) is -5.74. The molecule has 7 rings (SSSR count). The van der Waals surface area contributed by atoms with Gasteiger partial charge in [-0.25, -0.2) is 4.79 Å². The minimum atomic E-state index is -4.63. The van der Waals surface area contributed by atoms with Crippen LogP contribution in [0.2, 0.25) is 0 Å². The van der Waals surface area contributed by atoms with E-state index >= 15 is 0 Å². The summed E-state index contributed by atoms with van der Waals surface area (Å²) in [4.78, 5) is 81.9. The van der Waals surface area contributed by atoms with E-state index < -0.39 is 71.4 Å². The minimum Gasteiger partial charge on any atom is -0.480 e. The van der Waals surface area contributed by atoms with Gasteiger partial charge in [-0.05, 0) is 63.5 Å². The van der Waals surface area contributed by atoms with Crippen LogP contribution in [0.15, 0.2) is 121 Å². The smallest absolute Gasteiger partial charge is 0.416 e. The normalized spacial score (nSPS) is 19.7. The lowest BCUT2D eigenvalue weighted by Gasteiger charge is -2.26. The fraction of sp³-hybridized carbons (Fsp3) is 0.244. The summed E-state index contributed by atoms with van der Waals surface area (Å²) < 4.78 is 40.3. The largest absolute Gasteiger partial charge is 0.480 e. The molecule has 0 saturated heterocycles. The Balaban J connectivity index is 1.36. The fourth-order valence-electron chi connectivity index (χ4n) is 6.72. The van der Waals surface area contributed by atoms with E-state index in [-0.39, 0.29) is 44.1 Å². The molecule has 61 heavy (non-hydrogen) atoms. The van der Waals surface area contributed by atoms with Crippen LogP contribution in [0.25, 0.3) is 11.1 Å². The molecule has 1 aromatic heterocycles. The van der Waals surface area contributed by atoms with Gasteiger partial charge < -0.3 is 31.7 Å². The summed E-state index contributed by atoms with van der Waals surface area (Å²) in [6.45, 7) is 0. The van der Waals surface area contributed by atoms with Gasteiger partial charge in [-0.15, -0.1) is 11.3 Å². The molecule has 0 saturated carbocycles. The lowest BCUT2D eigenvalue weighted by molar-refractivity contribution is -0.142. The molecule has 2 aliphatic heterocycles. The Morgan fingerprint density at radius 3 is 1.70 bits per heavy atom. The van der Waals surface area contributed by atoms with Crippen molar-refractivity contribution in [1.82, 2.24) is 21.3 Å². The van der Waals surface area contributed by atoms with E-state index in [1.807, 2.05) is 42.5 Å². The van der Waals surface area contributed by atoms with E-state index in [9.17, 15) is 47.0 Å². The number of carboxylic acids is 1. The van der Waals surface area contributed by atoms with Gasteiger partial charge in [-0.2, -0.15) is 13.2 Å². The number of alkyl halides is 3. The van der Waals surface area contributed by atoms with Gasteiger partial charge >= 0.3 is 12.1 Å². The Hall–Kier alpha value is -6.81. The average Bonchev–Trinajstić information content (AvgIpc) is 3.76. The molecule has 12 nitrogen and oxygen atoms in total. The molecule has 0 spiro atoms. The summed E-state index contributed by atoms with van der Waals surface area (Å²) in [6, 6.07) is 24.8. The van der Waals surface area contributed by atoms with Crippen LogP contribution in [0.5, 0.6) is 0 Å². The van der Waals surface area contributed by atoms with Gasteiger partial charge in [0.05, 0.1) is 5.56 Å². The molecule has 316 valence electrons. The second-order valence-electron chi connectivity index (χ2n) is 14.5. The topological polar surface area (TPSA) is 183 Å². The molecule has 16 heteroatoms. The van der Waals surface area contributed by atoms with Crippen LogP contribution in [-0.2, 0) is 60.6 Å². The number of carbonyl (C=O) groups is 6. The second-order valence-corrected chi connectivity index (χ2v) is 15.6. The van der Waals surface area contributed by atoms with E-state index in [2.05, 4.69) is 26.6 Å². The highest BCUT2D eigenvalue weighted by molar-refractivity contribution is 7.09. The van der Waals surface area contributed by atoms with E-state index in [1.165, 1.54) is 23.5 Å². The maximum absolute atomic E-state index is 14.4. The Labute approximate surface area is 353 Å². The minimum absolute atomic E-state index is 0.0451. The fourth-order valence-corrected chi connectivity index (χ4v) is 7.47.